The first kappa shape index (κ1) is 17.6. The highest BCUT2D eigenvalue weighted by molar-refractivity contribution is 7.99. The van der Waals surface area contributed by atoms with Crippen LogP contribution in [-0.4, -0.2) is 29.2 Å². The van der Waals surface area contributed by atoms with E-state index in [0.29, 0.717) is 6.54 Å². The van der Waals surface area contributed by atoms with Gasteiger partial charge in [0.25, 0.3) is 0 Å². The summed E-state index contributed by atoms with van der Waals surface area (Å²) in [6, 6.07) is 0. The topological polar surface area (TPSA) is 38.3 Å². The Morgan fingerprint density at radius 1 is 1.17 bits per heavy atom. The zero-order valence-electron chi connectivity index (χ0n) is 12.5. The first-order valence-corrected chi connectivity index (χ1v) is 7.94. The molecule has 0 aromatic heterocycles. The summed E-state index contributed by atoms with van der Waals surface area (Å²) in [5.41, 5.74) is -0.405. The lowest BCUT2D eigenvalue weighted by Crippen LogP contribution is -2.32. The maximum Gasteiger partial charge on any atom is 0.407 e. The Labute approximate surface area is 116 Å². The van der Waals surface area contributed by atoms with Gasteiger partial charge in [-0.3, -0.25) is 0 Å². The molecule has 0 atom stereocenters. The number of hydrogen-bond acceptors (Lipinski definition) is 3. The van der Waals surface area contributed by atoms with Crippen LogP contribution >= 0.6 is 11.8 Å². The monoisotopic (exact) mass is 275 g/mol. The van der Waals surface area contributed by atoms with Gasteiger partial charge in [0.1, 0.15) is 5.60 Å². The molecule has 0 saturated carbocycles. The molecule has 0 radical (unpaired) electrons. The van der Waals surface area contributed by atoms with Gasteiger partial charge in [-0.1, -0.05) is 26.7 Å². The molecule has 0 spiro atoms. The second-order valence-corrected chi connectivity index (χ2v) is 7.45. The molecule has 0 aromatic carbocycles. The average molecular weight is 275 g/mol. The molecule has 0 aliphatic heterocycles. The molecule has 4 heteroatoms. The van der Waals surface area contributed by atoms with Crippen LogP contribution in [0.5, 0.6) is 0 Å². The molecular weight excluding hydrogens is 246 g/mol. The highest BCUT2D eigenvalue weighted by Crippen LogP contribution is 2.12. The summed E-state index contributed by atoms with van der Waals surface area (Å²) in [6.07, 6.45) is 4.42. The lowest BCUT2D eigenvalue weighted by atomic mass is 10.2. The van der Waals surface area contributed by atoms with E-state index in [0.717, 1.165) is 11.7 Å². The van der Waals surface area contributed by atoms with Gasteiger partial charge in [-0.15, -0.1) is 0 Å². The van der Waals surface area contributed by atoms with E-state index in [1.807, 2.05) is 32.5 Å². The fourth-order valence-electron chi connectivity index (χ4n) is 1.40. The highest BCUT2D eigenvalue weighted by atomic mass is 32.2. The van der Waals surface area contributed by atoms with Crippen molar-refractivity contribution >= 4 is 17.9 Å². The normalized spacial score (nSPS) is 11.7. The number of thioether (sulfide) groups is 1. The number of nitrogens with one attached hydrogen (secondary N) is 1. The highest BCUT2D eigenvalue weighted by Gasteiger charge is 2.15. The van der Waals surface area contributed by atoms with Crippen molar-refractivity contribution in [2.45, 2.75) is 71.2 Å². The van der Waals surface area contributed by atoms with E-state index < -0.39 is 5.60 Å². The summed E-state index contributed by atoms with van der Waals surface area (Å²) in [5, 5.41) is 3.52. The fourth-order valence-corrected chi connectivity index (χ4v) is 2.25. The summed E-state index contributed by atoms with van der Waals surface area (Å²) >= 11 is 2.02. The van der Waals surface area contributed by atoms with Crippen molar-refractivity contribution in [2.24, 2.45) is 0 Å². The average Bonchev–Trinajstić information content (AvgIpc) is 2.18. The summed E-state index contributed by atoms with van der Waals surface area (Å²) < 4.78 is 5.16. The Hall–Kier alpha value is -0.380. The van der Waals surface area contributed by atoms with Crippen LogP contribution in [0.3, 0.4) is 0 Å². The van der Waals surface area contributed by atoms with E-state index in [1.54, 1.807) is 0 Å². The molecule has 3 nitrogen and oxygen atoms in total. The maximum atomic E-state index is 11.3. The lowest BCUT2D eigenvalue weighted by Gasteiger charge is -2.19. The zero-order valence-corrected chi connectivity index (χ0v) is 13.4. The second kappa shape index (κ2) is 9.54. The Kier molecular flexibility index (Phi) is 9.34. The molecule has 0 bridgehead atoms. The largest absolute Gasteiger partial charge is 0.444 e. The van der Waals surface area contributed by atoms with Gasteiger partial charge >= 0.3 is 6.09 Å². The molecule has 18 heavy (non-hydrogen) atoms. The van der Waals surface area contributed by atoms with Crippen molar-refractivity contribution < 1.29 is 9.53 Å². The van der Waals surface area contributed by atoms with Crippen LogP contribution in [0, 0.1) is 0 Å². The zero-order chi connectivity index (χ0) is 14.0. The standard InChI is InChI=1S/C14H29NO2S/c1-12(2)18-11-9-7-6-8-10-15-13(16)17-14(3,4)5/h12H,6-11H2,1-5H3,(H,15,16). The first-order chi connectivity index (χ1) is 8.31. The van der Waals surface area contributed by atoms with Crippen molar-refractivity contribution in [2.75, 3.05) is 12.3 Å². The molecule has 1 amide bonds. The third-order valence-corrected chi connectivity index (χ3v) is 3.38. The predicted molar refractivity (Wildman–Crippen MR) is 80.3 cm³/mol. The lowest BCUT2D eigenvalue weighted by molar-refractivity contribution is 0.0527. The third kappa shape index (κ3) is 13.7. The summed E-state index contributed by atoms with van der Waals surface area (Å²) in [7, 11) is 0. The fraction of sp³-hybridized carbons (Fsp3) is 0.929. The van der Waals surface area contributed by atoms with Crippen LogP contribution in [0.15, 0.2) is 0 Å². The number of amides is 1. The molecule has 0 aliphatic carbocycles. The van der Waals surface area contributed by atoms with Gasteiger partial charge in [0, 0.05) is 6.54 Å². The first-order valence-electron chi connectivity index (χ1n) is 6.90. The van der Waals surface area contributed by atoms with E-state index in [2.05, 4.69) is 19.2 Å². The number of carbonyl (C=O) groups is 1. The molecule has 0 rings (SSSR count). The van der Waals surface area contributed by atoms with Crippen molar-refractivity contribution in [3.8, 4) is 0 Å². The van der Waals surface area contributed by atoms with Crippen LogP contribution in [0.2, 0.25) is 0 Å². The SMILES string of the molecule is CC(C)SCCCCCCNC(=O)OC(C)(C)C. The summed E-state index contributed by atoms with van der Waals surface area (Å²) in [5.74, 6) is 1.25. The Morgan fingerprint density at radius 2 is 1.78 bits per heavy atom. The van der Waals surface area contributed by atoms with Gasteiger partial charge in [0.05, 0.1) is 0 Å². The van der Waals surface area contributed by atoms with Crippen LogP contribution in [0.4, 0.5) is 4.79 Å². The Bertz CT molecular complexity index is 224. The van der Waals surface area contributed by atoms with Gasteiger partial charge in [-0.2, -0.15) is 11.8 Å². The predicted octanol–water partition coefficient (Wildman–Crippen LogP) is 4.21. The molecule has 0 heterocycles. The molecule has 0 aliphatic rings. The van der Waals surface area contributed by atoms with E-state index in [9.17, 15) is 4.79 Å². The van der Waals surface area contributed by atoms with E-state index in [-0.39, 0.29) is 6.09 Å². The molecule has 0 fully saturated rings. The van der Waals surface area contributed by atoms with Crippen LogP contribution < -0.4 is 5.32 Å². The van der Waals surface area contributed by atoms with Crippen LogP contribution in [0.1, 0.15) is 60.3 Å². The molecule has 0 saturated heterocycles. The maximum absolute atomic E-state index is 11.3. The molecule has 1 N–H and O–H groups in total. The quantitative estimate of drug-likeness (QED) is 0.674. The number of hydrogen-bond donors (Lipinski definition) is 1. The second-order valence-electron chi connectivity index (χ2n) is 5.76. The smallest absolute Gasteiger partial charge is 0.407 e. The molecular formula is C14H29NO2S. The number of ether oxygens (including phenoxy) is 1. The Morgan fingerprint density at radius 3 is 2.33 bits per heavy atom. The third-order valence-electron chi connectivity index (χ3n) is 2.19. The molecule has 0 unspecified atom stereocenters. The van der Waals surface area contributed by atoms with Crippen molar-refractivity contribution in [3.05, 3.63) is 0 Å². The van der Waals surface area contributed by atoms with E-state index >= 15 is 0 Å². The van der Waals surface area contributed by atoms with Crippen LogP contribution in [0.25, 0.3) is 0 Å². The number of rotatable bonds is 8. The number of unbranched alkanes of at least 4 members (excludes halogenated alkanes) is 3. The van der Waals surface area contributed by atoms with Gasteiger partial charge in [0.15, 0.2) is 0 Å². The van der Waals surface area contributed by atoms with E-state index in [1.165, 1.54) is 25.0 Å². The minimum absolute atomic E-state index is 0.308. The number of carbonyl (C=O) groups excluding carboxylic acids is 1. The minimum Gasteiger partial charge on any atom is -0.444 e. The van der Waals surface area contributed by atoms with Crippen molar-refractivity contribution in [1.82, 2.24) is 5.32 Å². The minimum atomic E-state index is -0.405. The number of alkyl carbamates (subject to hydrolysis) is 1. The summed E-state index contributed by atoms with van der Waals surface area (Å²) in [6.45, 7) is 10.8. The Balaban J connectivity index is 3.28. The molecule has 0 aromatic rings. The van der Waals surface area contributed by atoms with Crippen molar-refractivity contribution in [1.29, 1.82) is 0 Å². The van der Waals surface area contributed by atoms with E-state index in [4.69, 9.17) is 4.74 Å². The summed E-state index contributed by atoms with van der Waals surface area (Å²) in [4.78, 5) is 11.3. The van der Waals surface area contributed by atoms with Gasteiger partial charge in [-0.25, -0.2) is 4.79 Å². The molecule has 108 valence electrons. The van der Waals surface area contributed by atoms with Gasteiger partial charge in [0.2, 0.25) is 0 Å². The van der Waals surface area contributed by atoms with Crippen molar-refractivity contribution in [3.63, 3.8) is 0 Å². The van der Waals surface area contributed by atoms with Crippen LogP contribution in [-0.2, 0) is 4.74 Å². The van der Waals surface area contributed by atoms with Gasteiger partial charge < -0.3 is 10.1 Å². The van der Waals surface area contributed by atoms with Gasteiger partial charge in [-0.05, 0) is 44.6 Å².